The van der Waals surface area contributed by atoms with Crippen LogP contribution in [0.25, 0.3) is 10.9 Å². The fourth-order valence-electron chi connectivity index (χ4n) is 2.50. The zero-order valence-corrected chi connectivity index (χ0v) is 11.7. The van der Waals surface area contributed by atoms with Gasteiger partial charge in [0.15, 0.2) is 0 Å². The standard InChI is InChI=1S/C16H14N2O3/c1-10-7-12(21-14-5-3-4-6-17-14)8-11-9-13(16(19)20)18(2)15(10)11/h3-9H,1-2H3,(H,19,20). The van der Waals surface area contributed by atoms with Gasteiger partial charge in [0.05, 0.1) is 5.52 Å². The average molecular weight is 282 g/mol. The molecule has 0 saturated heterocycles. The van der Waals surface area contributed by atoms with E-state index in [0.717, 1.165) is 16.5 Å². The number of aromatic carboxylic acids is 1. The van der Waals surface area contributed by atoms with Crippen molar-refractivity contribution in [3.63, 3.8) is 0 Å². The summed E-state index contributed by atoms with van der Waals surface area (Å²) in [6, 6.07) is 10.8. The lowest BCUT2D eigenvalue weighted by atomic mass is 10.1. The van der Waals surface area contributed by atoms with Crippen molar-refractivity contribution in [3.8, 4) is 11.6 Å². The number of benzene rings is 1. The quantitative estimate of drug-likeness (QED) is 0.800. The molecule has 0 atom stereocenters. The first kappa shape index (κ1) is 13.2. The van der Waals surface area contributed by atoms with Gasteiger partial charge in [-0.1, -0.05) is 6.07 Å². The maximum Gasteiger partial charge on any atom is 0.352 e. The van der Waals surface area contributed by atoms with Gasteiger partial charge in [-0.3, -0.25) is 0 Å². The Bertz CT molecular complexity index is 822. The van der Waals surface area contributed by atoms with Crippen LogP contribution in [0.4, 0.5) is 0 Å². The Morgan fingerprint density at radius 1 is 1.29 bits per heavy atom. The largest absolute Gasteiger partial charge is 0.477 e. The van der Waals surface area contributed by atoms with Crippen LogP contribution in [-0.4, -0.2) is 20.6 Å². The number of aromatic nitrogens is 2. The van der Waals surface area contributed by atoms with E-state index in [1.165, 1.54) is 0 Å². The van der Waals surface area contributed by atoms with Crippen LogP contribution >= 0.6 is 0 Å². The summed E-state index contributed by atoms with van der Waals surface area (Å²) in [5.41, 5.74) is 2.09. The van der Waals surface area contributed by atoms with E-state index in [1.54, 1.807) is 29.9 Å². The first-order valence-electron chi connectivity index (χ1n) is 6.48. The summed E-state index contributed by atoms with van der Waals surface area (Å²) in [6.45, 7) is 1.93. The first-order valence-corrected chi connectivity index (χ1v) is 6.48. The van der Waals surface area contributed by atoms with Gasteiger partial charge in [0, 0.05) is 24.7 Å². The van der Waals surface area contributed by atoms with Crippen molar-refractivity contribution in [2.24, 2.45) is 7.05 Å². The van der Waals surface area contributed by atoms with Gasteiger partial charge in [-0.05, 0) is 36.8 Å². The number of rotatable bonds is 3. The van der Waals surface area contributed by atoms with Crippen LogP contribution in [0.5, 0.6) is 11.6 Å². The number of carboxylic acid groups (broad SMARTS) is 1. The number of nitrogens with zero attached hydrogens (tertiary/aromatic N) is 2. The first-order chi connectivity index (χ1) is 10.1. The van der Waals surface area contributed by atoms with Crippen LogP contribution in [-0.2, 0) is 7.05 Å². The van der Waals surface area contributed by atoms with Crippen LogP contribution in [0.3, 0.4) is 0 Å². The van der Waals surface area contributed by atoms with E-state index in [4.69, 9.17) is 4.74 Å². The molecule has 1 N–H and O–H groups in total. The van der Waals surface area contributed by atoms with E-state index in [0.29, 0.717) is 11.6 Å². The summed E-state index contributed by atoms with van der Waals surface area (Å²) in [5.74, 6) is 0.201. The third kappa shape index (κ3) is 2.33. The Balaban J connectivity index is 2.09. The number of carbonyl (C=O) groups is 1. The van der Waals surface area contributed by atoms with E-state index < -0.39 is 5.97 Å². The van der Waals surface area contributed by atoms with Gasteiger partial charge in [0.2, 0.25) is 5.88 Å². The highest BCUT2D eigenvalue weighted by atomic mass is 16.5. The third-order valence-corrected chi connectivity index (χ3v) is 3.37. The van der Waals surface area contributed by atoms with Crippen molar-refractivity contribution in [1.29, 1.82) is 0 Å². The Morgan fingerprint density at radius 3 is 2.76 bits per heavy atom. The Kier molecular flexibility index (Phi) is 3.10. The van der Waals surface area contributed by atoms with Gasteiger partial charge in [0.1, 0.15) is 11.4 Å². The van der Waals surface area contributed by atoms with Crippen molar-refractivity contribution in [2.75, 3.05) is 0 Å². The second-order valence-electron chi connectivity index (χ2n) is 4.84. The normalized spacial score (nSPS) is 10.8. The predicted octanol–water partition coefficient (Wildman–Crippen LogP) is 3.37. The molecule has 0 saturated carbocycles. The number of pyridine rings is 1. The molecule has 1 aromatic carbocycles. The Labute approximate surface area is 121 Å². The van der Waals surface area contributed by atoms with Crippen molar-refractivity contribution >= 4 is 16.9 Å². The Hall–Kier alpha value is -2.82. The third-order valence-electron chi connectivity index (χ3n) is 3.37. The molecular weight excluding hydrogens is 268 g/mol. The molecule has 5 nitrogen and oxygen atoms in total. The van der Waals surface area contributed by atoms with Crippen LogP contribution < -0.4 is 4.74 Å². The molecule has 0 aliphatic carbocycles. The average Bonchev–Trinajstić information content (AvgIpc) is 2.77. The molecule has 2 heterocycles. The highest BCUT2D eigenvalue weighted by molar-refractivity contribution is 5.96. The van der Waals surface area contributed by atoms with Crippen molar-refractivity contribution in [1.82, 2.24) is 9.55 Å². The molecule has 3 aromatic rings. The second kappa shape index (κ2) is 4.94. The van der Waals surface area contributed by atoms with Gasteiger partial charge < -0.3 is 14.4 Å². The Morgan fingerprint density at radius 2 is 2.10 bits per heavy atom. The molecule has 0 aliphatic rings. The van der Waals surface area contributed by atoms with Crippen molar-refractivity contribution < 1.29 is 14.6 Å². The summed E-state index contributed by atoms with van der Waals surface area (Å²) in [7, 11) is 1.75. The maximum atomic E-state index is 11.2. The molecule has 2 aromatic heterocycles. The summed E-state index contributed by atoms with van der Waals surface area (Å²) in [4.78, 5) is 15.3. The molecule has 0 amide bonds. The molecule has 0 unspecified atom stereocenters. The molecule has 3 rings (SSSR count). The van der Waals surface area contributed by atoms with E-state index in [9.17, 15) is 9.90 Å². The van der Waals surface area contributed by atoms with Crippen LogP contribution in [0.1, 0.15) is 16.1 Å². The summed E-state index contributed by atoms with van der Waals surface area (Å²) < 4.78 is 7.39. The van der Waals surface area contributed by atoms with Gasteiger partial charge in [0.25, 0.3) is 0 Å². The minimum Gasteiger partial charge on any atom is -0.477 e. The molecule has 106 valence electrons. The molecule has 0 radical (unpaired) electrons. The number of ether oxygens (including phenoxy) is 1. The van der Waals surface area contributed by atoms with Crippen molar-refractivity contribution in [2.45, 2.75) is 6.92 Å². The van der Waals surface area contributed by atoms with E-state index in [-0.39, 0.29) is 5.69 Å². The summed E-state index contributed by atoms with van der Waals surface area (Å²) in [6.07, 6.45) is 1.66. The van der Waals surface area contributed by atoms with E-state index in [1.807, 2.05) is 31.2 Å². The topological polar surface area (TPSA) is 64.3 Å². The van der Waals surface area contributed by atoms with E-state index in [2.05, 4.69) is 4.98 Å². The van der Waals surface area contributed by atoms with Crippen molar-refractivity contribution in [3.05, 3.63) is 53.9 Å². The number of hydrogen-bond donors (Lipinski definition) is 1. The fraction of sp³-hybridized carbons (Fsp3) is 0.125. The van der Waals surface area contributed by atoms with Gasteiger partial charge in [-0.25, -0.2) is 9.78 Å². The molecule has 0 aliphatic heterocycles. The van der Waals surface area contributed by atoms with Gasteiger partial charge in [-0.15, -0.1) is 0 Å². The maximum absolute atomic E-state index is 11.2. The minimum atomic E-state index is -0.944. The lowest BCUT2D eigenvalue weighted by Gasteiger charge is -2.08. The number of carboxylic acids is 1. The SMILES string of the molecule is Cc1cc(Oc2ccccn2)cc2cc(C(=O)O)n(C)c12. The predicted molar refractivity (Wildman–Crippen MR) is 78.9 cm³/mol. The number of fused-ring (bicyclic) bond motifs is 1. The highest BCUT2D eigenvalue weighted by Crippen LogP contribution is 2.29. The zero-order valence-electron chi connectivity index (χ0n) is 11.7. The van der Waals surface area contributed by atoms with Crippen LogP contribution in [0.15, 0.2) is 42.6 Å². The zero-order chi connectivity index (χ0) is 15.0. The molecular formula is C16H14N2O3. The van der Waals surface area contributed by atoms with E-state index >= 15 is 0 Å². The number of aryl methyl sites for hydroxylation is 2. The fourth-order valence-corrected chi connectivity index (χ4v) is 2.50. The van der Waals surface area contributed by atoms with Gasteiger partial charge in [-0.2, -0.15) is 0 Å². The highest BCUT2D eigenvalue weighted by Gasteiger charge is 2.14. The van der Waals surface area contributed by atoms with Crippen LogP contribution in [0, 0.1) is 6.92 Å². The monoisotopic (exact) mass is 282 g/mol. The molecule has 5 heteroatoms. The lowest BCUT2D eigenvalue weighted by molar-refractivity contribution is 0.0687. The molecule has 0 bridgehead atoms. The summed E-state index contributed by atoms with van der Waals surface area (Å²) >= 11 is 0. The smallest absolute Gasteiger partial charge is 0.352 e. The lowest BCUT2D eigenvalue weighted by Crippen LogP contribution is -2.04. The molecule has 0 fully saturated rings. The van der Waals surface area contributed by atoms with Gasteiger partial charge >= 0.3 is 5.97 Å². The van der Waals surface area contributed by atoms with Crippen LogP contribution in [0.2, 0.25) is 0 Å². The molecule has 0 spiro atoms. The second-order valence-corrected chi connectivity index (χ2v) is 4.84. The number of hydrogen-bond acceptors (Lipinski definition) is 3. The molecule has 21 heavy (non-hydrogen) atoms. The summed E-state index contributed by atoms with van der Waals surface area (Å²) in [5, 5.41) is 10.0. The minimum absolute atomic E-state index is 0.253.